The Labute approximate surface area is 192 Å². The highest BCUT2D eigenvalue weighted by Gasteiger charge is 2.22. The standard InChI is InChI=1S/C22H19ClN6O4/c1-27-19-18(20(31)28(22(27)32)8-3-9-30)29(13-16-7-6-15(23)12-25-16)21(26-19)33-17-5-2-4-14(10-17)11-24/h2,4-7,10,12,30H,3,8-9,13H2,1H3. The molecule has 3 heterocycles. The molecular weight excluding hydrogens is 448 g/mol. The predicted octanol–water partition coefficient (Wildman–Crippen LogP) is 2.04. The molecule has 10 nitrogen and oxygen atoms in total. The van der Waals surface area contributed by atoms with Gasteiger partial charge < -0.3 is 9.84 Å². The van der Waals surface area contributed by atoms with Crippen molar-refractivity contribution in [2.75, 3.05) is 6.61 Å². The van der Waals surface area contributed by atoms with E-state index in [0.29, 0.717) is 22.0 Å². The molecule has 4 rings (SSSR count). The van der Waals surface area contributed by atoms with Crippen LogP contribution in [0.4, 0.5) is 0 Å². The van der Waals surface area contributed by atoms with E-state index in [0.717, 1.165) is 4.57 Å². The fourth-order valence-electron chi connectivity index (χ4n) is 3.40. The molecule has 0 amide bonds. The van der Waals surface area contributed by atoms with E-state index < -0.39 is 11.2 Å². The Hall–Kier alpha value is -3.94. The number of aromatic nitrogens is 5. The third kappa shape index (κ3) is 4.37. The summed E-state index contributed by atoms with van der Waals surface area (Å²) in [6, 6.07) is 12.0. The fourth-order valence-corrected chi connectivity index (χ4v) is 3.51. The molecule has 0 unspecified atom stereocenters. The topological polar surface area (TPSA) is 128 Å². The van der Waals surface area contributed by atoms with E-state index in [4.69, 9.17) is 16.3 Å². The van der Waals surface area contributed by atoms with Crippen LogP contribution in [0.3, 0.4) is 0 Å². The molecule has 0 spiro atoms. The highest BCUT2D eigenvalue weighted by molar-refractivity contribution is 6.30. The SMILES string of the molecule is Cn1c(=O)n(CCCO)c(=O)c2c1nc(Oc1cccc(C#N)c1)n2Cc1ccc(Cl)cn1. The van der Waals surface area contributed by atoms with Crippen molar-refractivity contribution in [2.24, 2.45) is 7.05 Å². The summed E-state index contributed by atoms with van der Waals surface area (Å²) in [5, 5.41) is 18.8. The Bertz CT molecular complexity index is 1480. The Morgan fingerprint density at radius 1 is 1.21 bits per heavy atom. The lowest BCUT2D eigenvalue weighted by atomic mass is 10.2. The number of ether oxygens (including phenoxy) is 1. The van der Waals surface area contributed by atoms with Gasteiger partial charge in [0.25, 0.3) is 5.56 Å². The normalized spacial score (nSPS) is 11.0. The molecule has 0 aliphatic heterocycles. The summed E-state index contributed by atoms with van der Waals surface area (Å²) in [5.74, 6) is 0.347. The summed E-state index contributed by atoms with van der Waals surface area (Å²) < 4.78 is 9.80. The first-order valence-electron chi connectivity index (χ1n) is 10.0. The van der Waals surface area contributed by atoms with Crippen molar-refractivity contribution in [1.29, 1.82) is 5.26 Å². The van der Waals surface area contributed by atoms with E-state index in [2.05, 4.69) is 9.97 Å². The number of fused-ring (bicyclic) bond motifs is 1. The minimum atomic E-state index is -0.552. The van der Waals surface area contributed by atoms with Crippen LogP contribution in [0, 0.1) is 11.3 Å². The van der Waals surface area contributed by atoms with Gasteiger partial charge in [0.15, 0.2) is 11.2 Å². The molecule has 0 saturated heterocycles. The molecule has 1 aromatic carbocycles. The lowest BCUT2D eigenvalue weighted by molar-refractivity contribution is 0.277. The van der Waals surface area contributed by atoms with Gasteiger partial charge in [-0.3, -0.25) is 23.5 Å². The number of aliphatic hydroxyl groups excluding tert-OH is 1. The van der Waals surface area contributed by atoms with Gasteiger partial charge in [0.1, 0.15) is 5.75 Å². The van der Waals surface area contributed by atoms with Crippen LogP contribution in [0.15, 0.2) is 52.2 Å². The zero-order chi connectivity index (χ0) is 23.5. The number of hydrogen-bond acceptors (Lipinski definition) is 7. The third-order valence-corrected chi connectivity index (χ3v) is 5.24. The van der Waals surface area contributed by atoms with E-state index in [1.54, 1.807) is 36.4 Å². The smallest absolute Gasteiger partial charge is 0.332 e. The fraction of sp³-hybridized carbons (Fsp3) is 0.227. The second-order valence-corrected chi connectivity index (χ2v) is 7.67. The van der Waals surface area contributed by atoms with Gasteiger partial charge in [-0.05, 0) is 36.8 Å². The second-order valence-electron chi connectivity index (χ2n) is 7.24. The van der Waals surface area contributed by atoms with E-state index in [1.807, 2.05) is 6.07 Å². The summed E-state index contributed by atoms with van der Waals surface area (Å²) in [6.45, 7) is 0.0162. The van der Waals surface area contributed by atoms with E-state index in [9.17, 15) is 20.0 Å². The average molecular weight is 467 g/mol. The Morgan fingerprint density at radius 2 is 2.03 bits per heavy atom. The van der Waals surface area contributed by atoms with Crippen molar-refractivity contribution in [2.45, 2.75) is 19.5 Å². The molecule has 1 N–H and O–H groups in total. The van der Waals surface area contributed by atoms with Gasteiger partial charge >= 0.3 is 11.7 Å². The first kappa shape index (κ1) is 22.3. The monoisotopic (exact) mass is 466 g/mol. The molecule has 4 aromatic rings. The minimum Gasteiger partial charge on any atom is -0.425 e. The third-order valence-electron chi connectivity index (χ3n) is 5.02. The molecule has 168 valence electrons. The van der Waals surface area contributed by atoms with Gasteiger partial charge in [0, 0.05) is 26.4 Å². The van der Waals surface area contributed by atoms with Gasteiger partial charge in [-0.1, -0.05) is 17.7 Å². The first-order valence-corrected chi connectivity index (χ1v) is 10.4. The second kappa shape index (κ2) is 9.28. The van der Waals surface area contributed by atoms with Crippen LogP contribution in [-0.4, -0.2) is 35.4 Å². The van der Waals surface area contributed by atoms with Crippen LogP contribution in [0.25, 0.3) is 11.2 Å². The lowest BCUT2D eigenvalue weighted by Crippen LogP contribution is -2.39. The van der Waals surface area contributed by atoms with Crippen molar-refractivity contribution in [3.05, 3.63) is 79.7 Å². The maximum atomic E-state index is 13.3. The van der Waals surface area contributed by atoms with Crippen molar-refractivity contribution in [1.82, 2.24) is 23.7 Å². The largest absolute Gasteiger partial charge is 0.425 e. The summed E-state index contributed by atoms with van der Waals surface area (Å²) in [6.07, 6.45) is 1.74. The molecule has 0 radical (unpaired) electrons. The highest BCUT2D eigenvalue weighted by Crippen LogP contribution is 2.25. The predicted molar refractivity (Wildman–Crippen MR) is 121 cm³/mol. The zero-order valence-electron chi connectivity index (χ0n) is 17.6. The molecule has 3 aromatic heterocycles. The first-order chi connectivity index (χ1) is 15.9. The molecule has 0 aliphatic rings. The van der Waals surface area contributed by atoms with Gasteiger partial charge in [-0.15, -0.1) is 0 Å². The van der Waals surface area contributed by atoms with Crippen LogP contribution in [-0.2, 0) is 20.1 Å². The number of pyridine rings is 1. The zero-order valence-corrected chi connectivity index (χ0v) is 18.4. The minimum absolute atomic E-state index is 0.0583. The van der Waals surface area contributed by atoms with E-state index in [-0.39, 0.29) is 43.3 Å². The molecule has 11 heteroatoms. The Morgan fingerprint density at radius 3 is 2.73 bits per heavy atom. The molecule has 0 atom stereocenters. The van der Waals surface area contributed by atoms with Crippen LogP contribution in [0.2, 0.25) is 5.02 Å². The van der Waals surface area contributed by atoms with Crippen LogP contribution < -0.4 is 16.0 Å². The van der Waals surface area contributed by atoms with Gasteiger partial charge in [0.05, 0.1) is 28.9 Å². The van der Waals surface area contributed by atoms with Crippen molar-refractivity contribution >= 4 is 22.8 Å². The van der Waals surface area contributed by atoms with Crippen molar-refractivity contribution < 1.29 is 9.84 Å². The van der Waals surface area contributed by atoms with E-state index >= 15 is 0 Å². The van der Waals surface area contributed by atoms with Crippen LogP contribution in [0.5, 0.6) is 11.8 Å². The number of nitriles is 1. The summed E-state index contributed by atoms with van der Waals surface area (Å²) >= 11 is 5.94. The molecular formula is C22H19ClN6O4. The van der Waals surface area contributed by atoms with Gasteiger partial charge in [0.2, 0.25) is 0 Å². The maximum absolute atomic E-state index is 13.3. The molecule has 0 bridgehead atoms. The summed E-state index contributed by atoms with van der Waals surface area (Å²) in [5.41, 5.74) is 0.179. The Kier molecular flexibility index (Phi) is 6.26. The molecule has 0 aliphatic carbocycles. The summed E-state index contributed by atoms with van der Waals surface area (Å²) in [4.78, 5) is 34.8. The maximum Gasteiger partial charge on any atom is 0.332 e. The Balaban J connectivity index is 1.93. The quantitative estimate of drug-likeness (QED) is 0.441. The van der Waals surface area contributed by atoms with Gasteiger partial charge in [-0.2, -0.15) is 10.2 Å². The number of aliphatic hydroxyl groups is 1. The van der Waals surface area contributed by atoms with Crippen molar-refractivity contribution in [3.8, 4) is 17.8 Å². The average Bonchev–Trinajstić information content (AvgIpc) is 3.17. The molecule has 0 saturated carbocycles. The number of benzene rings is 1. The van der Waals surface area contributed by atoms with Gasteiger partial charge in [-0.25, -0.2) is 4.79 Å². The van der Waals surface area contributed by atoms with Crippen LogP contribution >= 0.6 is 11.6 Å². The number of halogens is 1. The lowest BCUT2D eigenvalue weighted by Gasteiger charge is -2.11. The van der Waals surface area contributed by atoms with Crippen molar-refractivity contribution in [3.63, 3.8) is 0 Å². The number of rotatable bonds is 7. The highest BCUT2D eigenvalue weighted by atomic mass is 35.5. The number of aryl methyl sites for hydroxylation is 1. The number of nitrogens with zero attached hydrogens (tertiary/aromatic N) is 6. The number of imidazole rings is 1. The molecule has 33 heavy (non-hydrogen) atoms. The molecule has 0 fully saturated rings. The van der Waals surface area contributed by atoms with E-state index in [1.165, 1.54) is 22.4 Å². The van der Waals surface area contributed by atoms with Crippen LogP contribution in [0.1, 0.15) is 17.7 Å². The summed E-state index contributed by atoms with van der Waals surface area (Å²) in [7, 11) is 1.51. The number of hydrogen-bond donors (Lipinski definition) is 1.